The van der Waals surface area contributed by atoms with E-state index in [1.165, 1.54) is 11.3 Å². The van der Waals surface area contributed by atoms with Crippen molar-refractivity contribution >= 4 is 42.4 Å². The molecule has 0 aliphatic carbocycles. The number of hydrogen-bond donors (Lipinski definition) is 0. The van der Waals surface area contributed by atoms with Gasteiger partial charge in [-0.1, -0.05) is 29.5 Å². The van der Waals surface area contributed by atoms with E-state index in [1.807, 2.05) is 30.3 Å². The molecule has 33 heavy (non-hydrogen) atoms. The monoisotopic (exact) mass is 481 g/mol. The van der Waals surface area contributed by atoms with Crippen LogP contribution < -0.4 is 9.64 Å². The molecular weight excluding hydrogens is 458 g/mol. The first-order valence-corrected chi connectivity index (χ1v) is 12.8. The highest BCUT2D eigenvalue weighted by molar-refractivity contribution is 7.91. The Morgan fingerprint density at radius 1 is 1.06 bits per heavy atom. The van der Waals surface area contributed by atoms with Gasteiger partial charge in [-0.2, -0.15) is 0 Å². The Morgan fingerprint density at radius 2 is 1.82 bits per heavy atom. The number of carbonyl (C=O) groups excluding carboxylic acids is 1. The van der Waals surface area contributed by atoms with Gasteiger partial charge in [-0.3, -0.25) is 14.7 Å². The number of pyridine rings is 1. The van der Waals surface area contributed by atoms with Gasteiger partial charge in [0.1, 0.15) is 5.75 Å². The van der Waals surface area contributed by atoms with Crippen molar-refractivity contribution in [2.75, 3.05) is 17.8 Å². The number of anilines is 1. The van der Waals surface area contributed by atoms with Crippen LogP contribution in [-0.2, 0) is 21.2 Å². The highest BCUT2D eigenvalue weighted by atomic mass is 32.2. The molecule has 0 aliphatic heterocycles. The quantitative estimate of drug-likeness (QED) is 0.350. The third-order valence-electron chi connectivity index (χ3n) is 5.11. The van der Waals surface area contributed by atoms with Gasteiger partial charge in [0.25, 0.3) is 0 Å². The summed E-state index contributed by atoms with van der Waals surface area (Å²) in [5.74, 6) is 0.444. The minimum absolute atomic E-state index is 0.0936. The summed E-state index contributed by atoms with van der Waals surface area (Å²) in [6.45, 7) is 0.323. The average molecular weight is 482 g/mol. The van der Waals surface area contributed by atoms with Crippen LogP contribution in [0.15, 0.2) is 78.0 Å². The molecule has 2 aromatic carbocycles. The molecule has 0 unspecified atom stereocenters. The summed E-state index contributed by atoms with van der Waals surface area (Å²) in [6.07, 6.45) is 3.67. The molecule has 1 amide bonds. The van der Waals surface area contributed by atoms with Gasteiger partial charge in [-0.05, 0) is 54.4 Å². The first-order chi connectivity index (χ1) is 16.0. The third-order valence-corrected chi connectivity index (χ3v) is 7.97. The molecule has 0 N–H and O–H groups in total. The molecule has 4 aromatic rings. The molecule has 2 aromatic heterocycles. The molecule has 7 nitrogen and oxygen atoms in total. The van der Waals surface area contributed by atoms with Crippen LogP contribution in [0.4, 0.5) is 5.13 Å². The zero-order valence-electron chi connectivity index (χ0n) is 18.0. The topological polar surface area (TPSA) is 89.5 Å². The van der Waals surface area contributed by atoms with Crippen molar-refractivity contribution in [3.8, 4) is 5.75 Å². The van der Waals surface area contributed by atoms with Crippen LogP contribution in [0, 0.1) is 0 Å². The van der Waals surface area contributed by atoms with E-state index in [0.717, 1.165) is 21.5 Å². The van der Waals surface area contributed by atoms with Crippen LogP contribution in [0.3, 0.4) is 0 Å². The molecular formula is C24H23N3O4S2. The molecule has 4 rings (SSSR count). The van der Waals surface area contributed by atoms with Crippen LogP contribution in [-0.4, -0.2) is 37.2 Å². The van der Waals surface area contributed by atoms with Gasteiger partial charge in [0.2, 0.25) is 5.91 Å². The van der Waals surface area contributed by atoms with Crippen LogP contribution in [0.2, 0.25) is 0 Å². The van der Waals surface area contributed by atoms with Crippen LogP contribution in [0.25, 0.3) is 10.2 Å². The molecule has 170 valence electrons. The molecule has 2 heterocycles. The summed E-state index contributed by atoms with van der Waals surface area (Å²) in [5, 5.41) is 0.561. The number of sulfone groups is 1. The van der Waals surface area contributed by atoms with Gasteiger partial charge in [-0.15, -0.1) is 0 Å². The summed E-state index contributed by atoms with van der Waals surface area (Å²) < 4.78 is 31.3. The lowest BCUT2D eigenvalue weighted by atomic mass is 10.2. The zero-order chi connectivity index (χ0) is 23.3. The molecule has 0 saturated carbocycles. The predicted octanol–water partition coefficient (Wildman–Crippen LogP) is 4.49. The summed E-state index contributed by atoms with van der Waals surface area (Å²) in [7, 11) is -1.84. The van der Waals surface area contributed by atoms with E-state index < -0.39 is 9.84 Å². The summed E-state index contributed by atoms with van der Waals surface area (Å²) in [5.41, 5.74) is 1.68. The largest absolute Gasteiger partial charge is 0.497 e. The van der Waals surface area contributed by atoms with E-state index in [-0.39, 0.29) is 29.4 Å². The first kappa shape index (κ1) is 22.9. The lowest BCUT2D eigenvalue weighted by molar-refractivity contribution is -0.118. The van der Waals surface area contributed by atoms with E-state index in [1.54, 1.807) is 54.7 Å². The number of ether oxygens (including phenoxy) is 1. The maximum atomic E-state index is 13.2. The summed E-state index contributed by atoms with van der Waals surface area (Å²) in [4.78, 5) is 23.8. The van der Waals surface area contributed by atoms with Gasteiger partial charge in [0, 0.05) is 18.8 Å². The zero-order valence-corrected chi connectivity index (χ0v) is 19.7. The highest BCUT2D eigenvalue weighted by Crippen LogP contribution is 2.32. The average Bonchev–Trinajstić information content (AvgIpc) is 3.26. The van der Waals surface area contributed by atoms with E-state index in [0.29, 0.717) is 11.7 Å². The molecule has 0 saturated heterocycles. The fourth-order valence-electron chi connectivity index (χ4n) is 3.36. The van der Waals surface area contributed by atoms with E-state index in [9.17, 15) is 13.2 Å². The molecule has 0 atom stereocenters. The van der Waals surface area contributed by atoms with Crippen LogP contribution >= 0.6 is 11.3 Å². The number of rotatable bonds is 9. The predicted molar refractivity (Wildman–Crippen MR) is 129 cm³/mol. The summed E-state index contributed by atoms with van der Waals surface area (Å²) >= 11 is 1.40. The van der Waals surface area contributed by atoms with Gasteiger partial charge in [0.05, 0.1) is 34.5 Å². The Hall–Kier alpha value is -3.30. The Labute approximate surface area is 196 Å². The SMILES string of the molecule is COc1ccc2nc(N(Cc3ccncc3)C(=O)CCCS(=O)(=O)c3ccccc3)sc2c1. The second kappa shape index (κ2) is 10.1. The van der Waals surface area contributed by atoms with Crippen molar-refractivity contribution in [3.63, 3.8) is 0 Å². The number of benzene rings is 2. The maximum Gasteiger partial charge on any atom is 0.229 e. The Morgan fingerprint density at radius 3 is 2.55 bits per heavy atom. The first-order valence-electron chi connectivity index (χ1n) is 10.4. The fraction of sp³-hybridized carbons (Fsp3) is 0.208. The third kappa shape index (κ3) is 5.55. The fourth-order valence-corrected chi connectivity index (χ4v) is 5.70. The number of hydrogen-bond acceptors (Lipinski definition) is 7. The molecule has 0 spiro atoms. The second-order valence-corrected chi connectivity index (χ2v) is 10.5. The Balaban J connectivity index is 1.54. The maximum absolute atomic E-state index is 13.2. The lowest BCUT2D eigenvalue weighted by Crippen LogP contribution is -2.30. The number of aromatic nitrogens is 2. The van der Waals surface area contributed by atoms with Gasteiger partial charge in [-0.25, -0.2) is 13.4 Å². The number of nitrogens with zero attached hydrogens (tertiary/aromatic N) is 3. The molecule has 0 fully saturated rings. The molecule has 9 heteroatoms. The normalized spacial score (nSPS) is 11.4. The van der Waals surface area contributed by atoms with Gasteiger partial charge < -0.3 is 4.74 Å². The van der Waals surface area contributed by atoms with E-state index in [4.69, 9.17) is 4.74 Å². The van der Waals surface area contributed by atoms with Crippen molar-refractivity contribution in [2.45, 2.75) is 24.3 Å². The molecule has 0 radical (unpaired) electrons. The van der Waals surface area contributed by atoms with Crippen molar-refractivity contribution < 1.29 is 17.9 Å². The van der Waals surface area contributed by atoms with Crippen molar-refractivity contribution in [1.82, 2.24) is 9.97 Å². The van der Waals surface area contributed by atoms with Crippen LogP contribution in [0.5, 0.6) is 5.75 Å². The molecule has 0 aliphatic rings. The van der Waals surface area contributed by atoms with E-state index >= 15 is 0 Å². The number of thiazole rings is 1. The standard InChI is InChI=1S/C24H23N3O4S2/c1-31-19-9-10-21-22(16-19)32-24(26-21)27(17-18-11-13-25-14-12-18)23(28)8-5-15-33(29,30)20-6-3-2-4-7-20/h2-4,6-7,9-14,16H,5,8,15,17H2,1H3. The van der Waals surface area contributed by atoms with Gasteiger partial charge >= 0.3 is 0 Å². The minimum atomic E-state index is -3.44. The number of carbonyl (C=O) groups is 1. The second-order valence-electron chi connectivity index (χ2n) is 7.40. The Kier molecular flexibility index (Phi) is 7.00. The van der Waals surface area contributed by atoms with Crippen LogP contribution in [0.1, 0.15) is 18.4 Å². The smallest absolute Gasteiger partial charge is 0.229 e. The summed E-state index contributed by atoms with van der Waals surface area (Å²) in [6, 6.07) is 17.6. The minimum Gasteiger partial charge on any atom is -0.497 e. The Bertz CT molecular complexity index is 1340. The van der Waals surface area contributed by atoms with Gasteiger partial charge in [0.15, 0.2) is 15.0 Å². The highest BCUT2D eigenvalue weighted by Gasteiger charge is 2.22. The lowest BCUT2D eigenvalue weighted by Gasteiger charge is -2.20. The molecule has 0 bridgehead atoms. The van der Waals surface area contributed by atoms with Crippen molar-refractivity contribution in [2.24, 2.45) is 0 Å². The number of fused-ring (bicyclic) bond motifs is 1. The van der Waals surface area contributed by atoms with E-state index in [2.05, 4.69) is 9.97 Å². The number of methoxy groups -OCH3 is 1. The number of amides is 1. The van der Waals surface area contributed by atoms with Crippen molar-refractivity contribution in [3.05, 3.63) is 78.6 Å². The van der Waals surface area contributed by atoms with Crippen molar-refractivity contribution in [1.29, 1.82) is 0 Å².